The molecule has 24 heavy (non-hydrogen) atoms. The van der Waals surface area contributed by atoms with Crippen LogP contribution in [0.3, 0.4) is 0 Å². The molecule has 1 aromatic carbocycles. The SMILES string of the molecule is O=C(NC[C@H]1CN2CCC[C@H]2CO1)c1ccccc1-n1cnnn1. The van der Waals surface area contributed by atoms with Crippen LogP contribution in [0.2, 0.25) is 0 Å². The van der Waals surface area contributed by atoms with E-state index >= 15 is 0 Å². The number of nitrogens with zero attached hydrogens (tertiary/aromatic N) is 5. The fourth-order valence-electron chi connectivity index (χ4n) is 3.45. The van der Waals surface area contributed by atoms with Crippen LogP contribution in [0, 0.1) is 0 Å². The van der Waals surface area contributed by atoms with Crippen molar-refractivity contribution in [3.05, 3.63) is 36.2 Å². The average Bonchev–Trinajstić information content (AvgIpc) is 3.30. The molecule has 0 unspecified atom stereocenters. The van der Waals surface area contributed by atoms with Gasteiger partial charge in [0.1, 0.15) is 6.33 Å². The summed E-state index contributed by atoms with van der Waals surface area (Å²) >= 11 is 0. The van der Waals surface area contributed by atoms with Crippen LogP contribution in [-0.4, -0.2) is 69.4 Å². The summed E-state index contributed by atoms with van der Waals surface area (Å²) in [6.45, 7) is 3.30. The minimum absolute atomic E-state index is 0.0449. The maximum absolute atomic E-state index is 12.6. The molecule has 2 atom stereocenters. The van der Waals surface area contributed by atoms with Gasteiger partial charge in [0, 0.05) is 19.1 Å². The molecule has 0 aliphatic carbocycles. The first-order valence-corrected chi connectivity index (χ1v) is 8.27. The lowest BCUT2D eigenvalue weighted by Crippen LogP contribution is -2.50. The summed E-state index contributed by atoms with van der Waals surface area (Å²) in [6, 6.07) is 7.83. The minimum atomic E-state index is -0.145. The van der Waals surface area contributed by atoms with Crippen molar-refractivity contribution in [3.63, 3.8) is 0 Å². The van der Waals surface area contributed by atoms with Gasteiger partial charge in [0.15, 0.2) is 0 Å². The number of carbonyl (C=O) groups is 1. The molecule has 1 N–H and O–H groups in total. The Balaban J connectivity index is 1.40. The first kappa shape index (κ1) is 15.2. The van der Waals surface area contributed by atoms with Crippen LogP contribution in [0.15, 0.2) is 30.6 Å². The van der Waals surface area contributed by atoms with Gasteiger partial charge in [-0.3, -0.25) is 9.69 Å². The van der Waals surface area contributed by atoms with E-state index in [2.05, 4.69) is 25.7 Å². The topological polar surface area (TPSA) is 85.2 Å². The summed E-state index contributed by atoms with van der Waals surface area (Å²) in [4.78, 5) is 15.0. The summed E-state index contributed by atoms with van der Waals surface area (Å²) in [7, 11) is 0. The van der Waals surface area contributed by atoms with Crippen molar-refractivity contribution < 1.29 is 9.53 Å². The number of ether oxygens (including phenoxy) is 1. The summed E-state index contributed by atoms with van der Waals surface area (Å²) < 4.78 is 7.37. The standard InChI is InChI=1S/C16H20N6O2/c23-16(14-5-1-2-6-15(14)22-11-18-19-20-22)17-8-13-9-21-7-3-4-12(21)10-24-13/h1-2,5-6,11-13H,3-4,7-10H2,(H,17,23)/t12-,13-/m0/s1. The zero-order valence-corrected chi connectivity index (χ0v) is 13.3. The number of benzene rings is 1. The first-order valence-electron chi connectivity index (χ1n) is 8.27. The Labute approximate surface area is 139 Å². The fourth-order valence-corrected chi connectivity index (χ4v) is 3.45. The lowest BCUT2D eigenvalue weighted by atomic mass is 10.1. The predicted molar refractivity (Wildman–Crippen MR) is 85.8 cm³/mol. The molecular weight excluding hydrogens is 308 g/mol. The molecule has 4 rings (SSSR count). The third-order valence-corrected chi connectivity index (χ3v) is 4.70. The van der Waals surface area contributed by atoms with E-state index in [1.807, 2.05) is 18.2 Å². The summed E-state index contributed by atoms with van der Waals surface area (Å²) in [5.41, 5.74) is 1.20. The second kappa shape index (κ2) is 6.66. The lowest BCUT2D eigenvalue weighted by Gasteiger charge is -2.35. The van der Waals surface area contributed by atoms with Gasteiger partial charge in [0.25, 0.3) is 5.91 Å². The van der Waals surface area contributed by atoms with Crippen LogP contribution in [0.1, 0.15) is 23.2 Å². The number of fused-ring (bicyclic) bond motifs is 1. The zero-order chi connectivity index (χ0) is 16.4. The highest BCUT2D eigenvalue weighted by Crippen LogP contribution is 2.22. The lowest BCUT2D eigenvalue weighted by molar-refractivity contribution is -0.0461. The van der Waals surface area contributed by atoms with E-state index in [-0.39, 0.29) is 12.0 Å². The highest BCUT2D eigenvalue weighted by Gasteiger charge is 2.32. The molecule has 3 heterocycles. The number of rotatable bonds is 4. The molecule has 8 heteroatoms. The third-order valence-electron chi connectivity index (χ3n) is 4.70. The van der Waals surface area contributed by atoms with Crippen LogP contribution in [0.4, 0.5) is 0 Å². The quantitative estimate of drug-likeness (QED) is 0.866. The van der Waals surface area contributed by atoms with Gasteiger partial charge >= 0.3 is 0 Å². The van der Waals surface area contributed by atoms with Crippen molar-refractivity contribution in [1.82, 2.24) is 30.4 Å². The Morgan fingerprint density at radius 1 is 1.38 bits per heavy atom. The second-order valence-electron chi connectivity index (χ2n) is 6.23. The van der Waals surface area contributed by atoms with E-state index in [9.17, 15) is 4.79 Å². The van der Waals surface area contributed by atoms with E-state index in [0.717, 1.165) is 19.7 Å². The maximum atomic E-state index is 12.6. The van der Waals surface area contributed by atoms with Crippen molar-refractivity contribution in [1.29, 1.82) is 0 Å². The number of nitrogens with one attached hydrogen (secondary N) is 1. The molecule has 2 aliphatic heterocycles. The predicted octanol–water partition coefficient (Wildman–Crippen LogP) is 0.255. The van der Waals surface area contributed by atoms with Crippen molar-refractivity contribution >= 4 is 5.91 Å². The molecule has 0 spiro atoms. The van der Waals surface area contributed by atoms with Crippen LogP contribution >= 0.6 is 0 Å². The van der Waals surface area contributed by atoms with Crippen LogP contribution in [0.5, 0.6) is 0 Å². The van der Waals surface area contributed by atoms with Crippen molar-refractivity contribution in [2.24, 2.45) is 0 Å². The monoisotopic (exact) mass is 328 g/mol. The van der Waals surface area contributed by atoms with Crippen LogP contribution < -0.4 is 5.32 Å². The van der Waals surface area contributed by atoms with E-state index < -0.39 is 0 Å². The van der Waals surface area contributed by atoms with Gasteiger partial charge in [0.05, 0.1) is 24.0 Å². The largest absolute Gasteiger partial charge is 0.373 e. The number of aromatic nitrogens is 4. The number of hydrogen-bond acceptors (Lipinski definition) is 6. The first-order chi connectivity index (χ1) is 11.8. The van der Waals surface area contributed by atoms with Gasteiger partial charge in [0.2, 0.25) is 0 Å². The van der Waals surface area contributed by atoms with Crippen molar-refractivity contribution in [3.8, 4) is 5.69 Å². The smallest absolute Gasteiger partial charge is 0.253 e. The Hall–Kier alpha value is -2.32. The normalized spacial score (nSPS) is 23.8. The molecule has 0 saturated carbocycles. The number of amides is 1. The van der Waals surface area contributed by atoms with E-state index in [1.165, 1.54) is 23.9 Å². The van der Waals surface area contributed by atoms with E-state index in [4.69, 9.17) is 4.74 Å². The molecular formula is C16H20N6O2. The molecule has 1 aromatic heterocycles. The van der Waals surface area contributed by atoms with Crippen molar-refractivity contribution in [2.45, 2.75) is 25.0 Å². The maximum Gasteiger partial charge on any atom is 0.253 e. The number of carbonyl (C=O) groups excluding carboxylic acids is 1. The molecule has 126 valence electrons. The number of hydrogen-bond donors (Lipinski definition) is 1. The van der Waals surface area contributed by atoms with Gasteiger partial charge in [-0.15, -0.1) is 5.10 Å². The average molecular weight is 328 g/mol. The molecule has 1 amide bonds. The second-order valence-corrected chi connectivity index (χ2v) is 6.23. The highest BCUT2D eigenvalue weighted by atomic mass is 16.5. The molecule has 2 saturated heterocycles. The summed E-state index contributed by atoms with van der Waals surface area (Å²) in [5, 5.41) is 14.1. The molecule has 0 radical (unpaired) electrons. The molecule has 2 aromatic rings. The zero-order valence-electron chi connectivity index (χ0n) is 13.3. The molecule has 2 fully saturated rings. The van der Waals surface area contributed by atoms with Crippen molar-refractivity contribution in [2.75, 3.05) is 26.2 Å². The van der Waals surface area contributed by atoms with Gasteiger partial charge in [-0.25, -0.2) is 0 Å². The van der Waals surface area contributed by atoms with Gasteiger partial charge in [-0.2, -0.15) is 4.68 Å². The molecule has 2 aliphatic rings. The summed E-state index contributed by atoms with van der Waals surface area (Å²) in [5.74, 6) is -0.145. The van der Waals surface area contributed by atoms with Gasteiger partial charge in [-0.05, 0) is 41.9 Å². The third kappa shape index (κ3) is 3.02. The van der Waals surface area contributed by atoms with Gasteiger partial charge in [-0.1, -0.05) is 12.1 Å². The van der Waals surface area contributed by atoms with E-state index in [1.54, 1.807) is 6.07 Å². The van der Waals surface area contributed by atoms with Gasteiger partial charge < -0.3 is 10.1 Å². The molecule has 0 bridgehead atoms. The Kier molecular flexibility index (Phi) is 4.22. The molecule has 8 nitrogen and oxygen atoms in total. The Morgan fingerprint density at radius 3 is 3.17 bits per heavy atom. The number of para-hydroxylation sites is 1. The Bertz CT molecular complexity index is 704. The minimum Gasteiger partial charge on any atom is -0.373 e. The summed E-state index contributed by atoms with van der Waals surface area (Å²) in [6.07, 6.45) is 3.98. The van der Waals surface area contributed by atoms with E-state index in [0.29, 0.717) is 23.8 Å². The highest BCUT2D eigenvalue weighted by molar-refractivity contribution is 5.97. The fraction of sp³-hybridized carbons (Fsp3) is 0.500. The number of tetrazole rings is 1. The number of morpholine rings is 1. The van der Waals surface area contributed by atoms with Crippen LogP contribution in [0.25, 0.3) is 5.69 Å². The van der Waals surface area contributed by atoms with Crippen LogP contribution in [-0.2, 0) is 4.74 Å². The Morgan fingerprint density at radius 2 is 2.29 bits per heavy atom.